The van der Waals surface area contributed by atoms with Crippen LogP contribution in [-0.2, 0) is 32.5 Å². The highest BCUT2D eigenvalue weighted by Gasteiger charge is 2.26. The van der Waals surface area contributed by atoms with Crippen LogP contribution in [0.1, 0.15) is 61.2 Å². The number of ether oxygens (including phenoxy) is 2. The Kier molecular flexibility index (Phi) is 14.5. The molecule has 0 unspecified atom stereocenters. The molecule has 0 aliphatic rings. The Balaban J connectivity index is 1.08. The van der Waals surface area contributed by atoms with E-state index in [2.05, 4.69) is 31.4 Å². The van der Waals surface area contributed by atoms with Crippen LogP contribution in [0.5, 0.6) is 23.0 Å². The quantitative estimate of drug-likeness (QED) is 0.0285. The fourth-order valence-electron chi connectivity index (χ4n) is 6.54. The number of allylic oxidation sites excluding steroid dienone is 1. The van der Waals surface area contributed by atoms with Gasteiger partial charge in [0.2, 0.25) is 5.91 Å². The molecule has 0 spiro atoms. The highest BCUT2D eigenvalue weighted by atomic mass is 32.2. The molecule has 0 aliphatic heterocycles. The molecule has 19 heteroatoms. The van der Waals surface area contributed by atoms with Crippen LogP contribution in [0.3, 0.4) is 0 Å². The van der Waals surface area contributed by atoms with Crippen LogP contribution in [0.25, 0.3) is 6.08 Å². The first-order chi connectivity index (χ1) is 31.0. The van der Waals surface area contributed by atoms with Crippen molar-refractivity contribution in [2.24, 2.45) is 5.92 Å². The third kappa shape index (κ3) is 11.9. The van der Waals surface area contributed by atoms with Crippen molar-refractivity contribution in [1.82, 2.24) is 15.4 Å². The number of aromatic nitrogens is 3. The third-order valence-electron chi connectivity index (χ3n) is 10.0. The zero-order chi connectivity index (χ0) is 46.8. The molecule has 18 nitrogen and oxygen atoms in total. The monoisotopic (exact) mass is 902 g/mol. The number of methoxy groups -OCH3 is 2. The SMILES string of the molecule is COc1cc(S(=O)(=O)O)ccc1NC(=O)c1ccc(NC(=O)c2ccc(NC(=O)[C@@H](CC(=O)c3ccc(CC(=O)/C(C)=C/c4ccc(O)cc4)cc3)Cc3cn[nH]n3)cc2)c(OC)c1O. The van der Waals surface area contributed by atoms with Gasteiger partial charge in [-0.3, -0.25) is 28.5 Å². The topological polar surface area (TPSA) is 276 Å². The van der Waals surface area contributed by atoms with Crippen molar-refractivity contribution in [2.75, 3.05) is 30.2 Å². The number of nitrogens with one attached hydrogen (secondary N) is 4. The number of aromatic hydroxyl groups is 2. The molecule has 7 N–H and O–H groups in total. The minimum atomic E-state index is -4.55. The smallest absolute Gasteiger partial charge is 0.294 e. The Bertz CT molecular complexity index is 2880. The Morgan fingerprint density at radius 3 is 2.08 bits per heavy atom. The van der Waals surface area contributed by atoms with Gasteiger partial charge < -0.3 is 35.6 Å². The summed E-state index contributed by atoms with van der Waals surface area (Å²) in [4.78, 5) is 66.0. The molecule has 0 saturated carbocycles. The van der Waals surface area contributed by atoms with E-state index < -0.39 is 44.4 Å². The van der Waals surface area contributed by atoms with Crippen molar-refractivity contribution in [1.29, 1.82) is 0 Å². The van der Waals surface area contributed by atoms with E-state index in [1.165, 1.54) is 75.0 Å². The summed E-state index contributed by atoms with van der Waals surface area (Å²) in [5, 5.41) is 38.7. The van der Waals surface area contributed by atoms with Crippen LogP contribution >= 0.6 is 0 Å². The number of ketones is 2. The lowest BCUT2D eigenvalue weighted by molar-refractivity contribution is -0.120. The van der Waals surface area contributed by atoms with Gasteiger partial charge in [0.15, 0.2) is 23.1 Å². The predicted molar refractivity (Wildman–Crippen MR) is 238 cm³/mol. The Hall–Kier alpha value is -8.16. The van der Waals surface area contributed by atoms with Gasteiger partial charge in [-0.15, -0.1) is 0 Å². The fraction of sp³-hybridized carbons (Fsp3) is 0.152. The lowest BCUT2D eigenvalue weighted by Gasteiger charge is -2.16. The number of carbonyl (C=O) groups excluding carboxylic acids is 5. The second kappa shape index (κ2) is 20.4. The first-order valence-electron chi connectivity index (χ1n) is 19.6. The average molecular weight is 903 g/mol. The maximum absolute atomic E-state index is 13.7. The number of nitrogens with zero attached hydrogens (tertiary/aromatic N) is 2. The molecule has 0 aliphatic carbocycles. The highest BCUT2D eigenvalue weighted by molar-refractivity contribution is 7.85. The Labute approximate surface area is 372 Å². The molecule has 334 valence electrons. The summed E-state index contributed by atoms with van der Waals surface area (Å²) in [6.07, 6.45) is 3.20. The summed E-state index contributed by atoms with van der Waals surface area (Å²) < 4.78 is 42.8. The van der Waals surface area contributed by atoms with Crippen LogP contribution < -0.4 is 25.4 Å². The normalized spacial score (nSPS) is 11.8. The number of amides is 3. The minimum Gasteiger partial charge on any atom is -0.508 e. The number of hydrogen-bond donors (Lipinski definition) is 7. The second-order valence-corrected chi connectivity index (χ2v) is 16.0. The van der Waals surface area contributed by atoms with E-state index in [0.717, 1.165) is 17.7 Å². The van der Waals surface area contributed by atoms with Gasteiger partial charge in [-0.05, 0) is 90.4 Å². The zero-order valence-corrected chi connectivity index (χ0v) is 35.8. The maximum Gasteiger partial charge on any atom is 0.294 e. The fourth-order valence-corrected chi connectivity index (χ4v) is 7.03. The summed E-state index contributed by atoms with van der Waals surface area (Å²) in [6.45, 7) is 1.71. The number of rotatable bonds is 18. The van der Waals surface area contributed by atoms with E-state index in [9.17, 15) is 47.2 Å². The molecule has 6 aromatic rings. The van der Waals surface area contributed by atoms with Gasteiger partial charge in [-0.25, -0.2) is 0 Å². The molecule has 0 bridgehead atoms. The van der Waals surface area contributed by atoms with E-state index in [-0.39, 0.29) is 70.6 Å². The van der Waals surface area contributed by atoms with Crippen molar-refractivity contribution in [3.05, 3.63) is 148 Å². The molecule has 0 fully saturated rings. The van der Waals surface area contributed by atoms with Crippen LogP contribution in [0.4, 0.5) is 17.1 Å². The van der Waals surface area contributed by atoms with Gasteiger partial charge in [0.05, 0.1) is 53.9 Å². The van der Waals surface area contributed by atoms with Crippen molar-refractivity contribution in [3.63, 3.8) is 0 Å². The molecule has 1 heterocycles. The molecule has 1 atom stereocenters. The number of Topliss-reactive ketones (excluding diaryl/α,β-unsaturated/α-hetero) is 2. The van der Waals surface area contributed by atoms with Crippen LogP contribution in [-0.4, -0.2) is 82.1 Å². The van der Waals surface area contributed by atoms with Crippen LogP contribution in [0.15, 0.2) is 120 Å². The molecule has 0 radical (unpaired) electrons. The van der Waals surface area contributed by atoms with Gasteiger partial charge in [-0.2, -0.15) is 23.8 Å². The zero-order valence-electron chi connectivity index (χ0n) is 35.0. The van der Waals surface area contributed by atoms with Crippen LogP contribution in [0.2, 0.25) is 0 Å². The Morgan fingerprint density at radius 1 is 0.785 bits per heavy atom. The van der Waals surface area contributed by atoms with Crippen molar-refractivity contribution in [2.45, 2.75) is 31.1 Å². The molecule has 0 saturated heterocycles. The van der Waals surface area contributed by atoms with Gasteiger partial charge in [0.1, 0.15) is 11.5 Å². The molecule has 5 aromatic carbocycles. The number of H-pyrrole nitrogens is 1. The van der Waals surface area contributed by atoms with E-state index in [1.807, 2.05) is 0 Å². The average Bonchev–Trinajstić information content (AvgIpc) is 3.80. The first kappa shape index (κ1) is 46.3. The van der Waals surface area contributed by atoms with Gasteiger partial charge >= 0.3 is 0 Å². The van der Waals surface area contributed by atoms with E-state index >= 15 is 0 Å². The van der Waals surface area contributed by atoms with Crippen molar-refractivity contribution in [3.8, 4) is 23.0 Å². The number of phenols is 2. The summed E-state index contributed by atoms with van der Waals surface area (Å²) in [7, 11) is -2.11. The van der Waals surface area contributed by atoms with Gasteiger partial charge in [-0.1, -0.05) is 36.4 Å². The van der Waals surface area contributed by atoms with Crippen molar-refractivity contribution < 1.29 is 56.6 Å². The molecular formula is C46H42N6O12S. The maximum atomic E-state index is 13.7. The number of aromatic amines is 1. The molecule has 65 heavy (non-hydrogen) atoms. The summed E-state index contributed by atoms with van der Waals surface area (Å²) in [6, 6.07) is 24.7. The summed E-state index contributed by atoms with van der Waals surface area (Å²) >= 11 is 0. The number of benzene rings is 5. The number of carbonyl (C=O) groups is 5. The van der Waals surface area contributed by atoms with Crippen LogP contribution in [0, 0.1) is 5.92 Å². The lowest BCUT2D eigenvalue weighted by Crippen LogP contribution is -2.27. The summed E-state index contributed by atoms with van der Waals surface area (Å²) in [5.41, 5.74) is 3.05. The minimum absolute atomic E-state index is 0.0109. The molecule has 1 aromatic heterocycles. The standard InChI is InChI=1S/C46H42N6O12S/c1-26(20-27-6-14-34(53)15-7-27)39(54)21-28-4-8-29(9-5-28)40(55)23-31(22-33-25-47-52-51-33)45(58)48-32-12-10-30(11-13-32)44(57)50-38-19-17-36(42(56)43(38)64-3)46(59)49-37-18-16-35(65(60,61)62)24-41(37)63-2/h4-20,24-25,31,53,56H,21-23H2,1-3H3,(H,48,58)(H,49,59)(H,50,57)(H,47,51,52)(H,60,61,62)/b26-20+/t31-/m1/s1. The van der Waals surface area contributed by atoms with E-state index in [4.69, 9.17) is 9.47 Å². The van der Waals surface area contributed by atoms with E-state index in [1.54, 1.807) is 49.4 Å². The third-order valence-corrected chi connectivity index (χ3v) is 10.9. The number of hydrogen-bond acceptors (Lipinski definition) is 13. The molecule has 6 rings (SSSR count). The van der Waals surface area contributed by atoms with Crippen molar-refractivity contribution >= 4 is 62.5 Å². The number of anilines is 3. The first-order valence-corrected chi connectivity index (χ1v) is 21.0. The molecular weight excluding hydrogens is 861 g/mol. The molecule has 3 amide bonds. The van der Waals surface area contributed by atoms with Gasteiger partial charge in [0.25, 0.3) is 21.9 Å². The number of phenolic OH excluding ortho intramolecular Hbond substituents is 2. The van der Waals surface area contributed by atoms with Gasteiger partial charge in [0, 0.05) is 42.1 Å². The summed E-state index contributed by atoms with van der Waals surface area (Å²) in [5.74, 6) is -4.09. The highest BCUT2D eigenvalue weighted by Crippen LogP contribution is 2.39. The van der Waals surface area contributed by atoms with E-state index in [0.29, 0.717) is 28.1 Å². The Morgan fingerprint density at radius 2 is 1.45 bits per heavy atom. The second-order valence-electron chi connectivity index (χ2n) is 14.6. The largest absolute Gasteiger partial charge is 0.508 e. The predicted octanol–water partition coefficient (Wildman–Crippen LogP) is 6.27. The lowest BCUT2D eigenvalue weighted by atomic mass is 9.92.